The summed E-state index contributed by atoms with van der Waals surface area (Å²) < 4.78 is 0. The van der Waals surface area contributed by atoms with E-state index >= 15 is 0 Å². The van der Waals surface area contributed by atoms with E-state index < -0.39 is 11.4 Å². The summed E-state index contributed by atoms with van der Waals surface area (Å²) in [6, 6.07) is 0. The first kappa shape index (κ1) is 17.5. The predicted octanol–water partition coefficient (Wildman–Crippen LogP) is 5.41. The van der Waals surface area contributed by atoms with Gasteiger partial charge in [-0.25, -0.2) is 0 Å². The van der Waals surface area contributed by atoms with Crippen molar-refractivity contribution in [1.82, 2.24) is 0 Å². The molecule has 0 unspecified atom stereocenters. The molecule has 0 heterocycles. The first-order valence-electron chi connectivity index (χ1n) is 7.86. The second kappa shape index (κ2) is 10.4. The van der Waals surface area contributed by atoms with E-state index in [1.807, 2.05) is 6.92 Å². The molecule has 0 aliphatic heterocycles. The summed E-state index contributed by atoms with van der Waals surface area (Å²) in [5.41, 5.74) is -0.444. The third kappa shape index (κ3) is 6.42. The lowest BCUT2D eigenvalue weighted by molar-refractivity contribution is -0.150. The van der Waals surface area contributed by atoms with Crippen LogP contribution >= 0.6 is 0 Å². The fourth-order valence-corrected chi connectivity index (χ4v) is 2.60. The van der Waals surface area contributed by atoms with E-state index in [4.69, 9.17) is 0 Å². The number of carboxylic acids is 1. The van der Waals surface area contributed by atoms with Gasteiger partial charge in [-0.15, -0.1) is 0 Å². The highest BCUT2D eigenvalue weighted by Crippen LogP contribution is 2.35. The van der Waals surface area contributed by atoms with E-state index in [1.165, 1.54) is 32.1 Å². The van der Waals surface area contributed by atoms with Crippen LogP contribution in [0.25, 0.3) is 0 Å². The normalized spacial score (nSPS) is 14.4. The van der Waals surface area contributed by atoms with Crippen LogP contribution in [-0.4, -0.2) is 11.1 Å². The van der Waals surface area contributed by atoms with Gasteiger partial charge < -0.3 is 5.11 Å². The second-order valence-corrected chi connectivity index (χ2v) is 5.56. The fraction of sp³-hybridized carbons (Fsp3) is 0.938. The molecule has 2 heteroatoms. The van der Waals surface area contributed by atoms with Crippen molar-refractivity contribution in [2.24, 2.45) is 5.41 Å². The molecule has 0 spiro atoms. The number of unbranched alkanes of at least 4 members (excludes halogenated alkanes) is 6. The SMILES string of the molecule is CCCCCCCC[C@@](CC)(CCCC)C(=O)O. The second-order valence-electron chi connectivity index (χ2n) is 5.56. The summed E-state index contributed by atoms with van der Waals surface area (Å²) in [6.45, 7) is 6.38. The van der Waals surface area contributed by atoms with E-state index in [-0.39, 0.29) is 0 Å². The van der Waals surface area contributed by atoms with E-state index in [0.717, 1.165) is 38.5 Å². The molecule has 0 aliphatic rings. The molecule has 18 heavy (non-hydrogen) atoms. The largest absolute Gasteiger partial charge is 0.481 e. The standard InChI is InChI=1S/C16H32O2/c1-4-7-9-10-11-12-14-16(6-3,15(17)18)13-8-5-2/h4-14H2,1-3H3,(H,17,18)/t16-/m1/s1. The lowest BCUT2D eigenvalue weighted by Gasteiger charge is -2.28. The fourth-order valence-electron chi connectivity index (χ4n) is 2.60. The minimum atomic E-state index is -0.577. The lowest BCUT2D eigenvalue weighted by Crippen LogP contribution is -2.30. The van der Waals surface area contributed by atoms with Gasteiger partial charge in [0.2, 0.25) is 0 Å². The molecule has 1 atom stereocenters. The molecule has 0 radical (unpaired) electrons. The number of aliphatic carboxylic acids is 1. The van der Waals surface area contributed by atoms with Crippen LogP contribution in [0.4, 0.5) is 0 Å². The minimum Gasteiger partial charge on any atom is -0.481 e. The maximum atomic E-state index is 11.5. The molecule has 0 amide bonds. The van der Waals surface area contributed by atoms with Gasteiger partial charge in [0.25, 0.3) is 0 Å². The van der Waals surface area contributed by atoms with Crippen molar-refractivity contribution in [3.8, 4) is 0 Å². The van der Waals surface area contributed by atoms with Crippen molar-refractivity contribution in [2.45, 2.75) is 91.4 Å². The van der Waals surface area contributed by atoms with Crippen LogP contribution in [0, 0.1) is 5.41 Å². The number of hydrogen-bond donors (Lipinski definition) is 1. The highest BCUT2D eigenvalue weighted by molar-refractivity contribution is 5.74. The Kier molecular flexibility index (Phi) is 10.1. The molecule has 0 aromatic carbocycles. The summed E-state index contributed by atoms with van der Waals surface area (Å²) in [7, 11) is 0. The Hall–Kier alpha value is -0.530. The molecular weight excluding hydrogens is 224 g/mol. The van der Waals surface area contributed by atoms with Crippen molar-refractivity contribution >= 4 is 5.97 Å². The van der Waals surface area contributed by atoms with Gasteiger partial charge in [-0.1, -0.05) is 72.1 Å². The summed E-state index contributed by atoms with van der Waals surface area (Å²) in [5.74, 6) is -0.577. The number of carbonyl (C=O) groups is 1. The van der Waals surface area contributed by atoms with Gasteiger partial charge in [0.1, 0.15) is 0 Å². The Balaban J connectivity index is 4.04. The Morgan fingerprint density at radius 1 is 0.833 bits per heavy atom. The summed E-state index contributed by atoms with van der Waals surface area (Å²) in [5, 5.41) is 9.49. The summed E-state index contributed by atoms with van der Waals surface area (Å²) >= 11 is 0. The average Bonchev–Trinajstić information content (AvgIpc) is 2.37. The lowest BCUT2D eigenvalue weighted by atomic mass is 9.76. The molecule has 108 valence electrons. The maximum absolute atomic E-state index is 11.5. The highest BCUT2D eigenvalue weighted by Gasteiger charge is 2.34. The van der Waals surface area contributed by atoms with Gasteiger partial charge >= 0.3 is 5.97 Å². The summed E-state index contributed by atoms with van der Waals surface area (Å²) in [4.78, 5) is 11.5. The van der Waals surface area contributed by atoms with Crippen LogP contribution in [0.2, 0.25) is 0 Å². The van der Waals surface area contributed by atoms with Crippen molar-refractivity contribution < 1.29 is 9.90 Å². The van der Waals surface area contributed by atoms with E-state index in [9.17, 15) is 9.90 Å². The van der Waals surface area contributed by atoms with Crippen LogP contribution in [0.1, 0.15) is 91.4 Å². The molecule has 0 aromatic heterocycles. The molecule has 2 nitrogen and oxygen atoms in total. The van der Waals surface area contributed by atoms with Gasteiger partial charge in [-0.3, -0.25) is 4.79 Å². The summed E-state index contributed by atoms with van der Waals surface area (Å²) in [6.07, 6.45) is 12.0. The van der Waals surface area contributed by atoms with Gasteiger partial charge in [0, 0.05) is 0 Å². The molecule has 1 N–H and O–H groups in total. The van der Waals surface area contributed by atoms with E-state index in [1.54, 1.807) is 0 Å². The number of carboxylic acid groups (broad SMARTS) is 1. The van der Waals surface area contributed by atoms with Crippen molar-refractivity contribution in [2.75, 3.05) is 0 Å². The molecule has 0 aliphatic carbocycles. The third-order valence-corrected chi connectivity index (χ3v) is 4.15. The number of rotatable bonds is 12. The zero-order valence-corrected chi connectivity index (χ0v) is 12.6. The maximum Gasteiger partial charge on any atom is 0.309 e. The molecule has 0 saturated heterocycles. The molecule has 0 bridgehead atoms. The third-order valence-electron chi connectivity index (χ3n) is 4.15. The van der Waals surface area contributed by atoms with E-state index in [0.29, 0.717) is 0 Å². The van der Waals surface area contributed by atoms with Gasteiger partial charge in [-0.2, -0.15) is 0 Å². The highest BCUT2D eigenvalue weighted by atomic mass is 16.4. The quantitative estimate of drug-likeness (QED) is 0.474. The van der Waals surface area contributed by atoms with Crippen molar-refractivity contribution in [1.29, 1.82) is 0 Å². The number of hydrogen-bond acceptors (Lipinski definition) is 1. The van der Waals surface area contributed by atoms with Crippen LogP contribution < -0.4 is 0 Å². The molecule has 0 aromatic rings. The Bertz CT molecular complexity index is 213. The molecular formula is C16H32O2. The van der Waals surface area contributed by atoms with Crippen LogP contribution in [0.5, 0.6) is 0 Å². The smallest absolute Gasteiger partial charge is 0.309 e. The monoisotopic (exact) mass is 256 g/mol. The first-order chi connectivity index (χ1) is 8.63. The van der Waals surface area contributed by atoms with Gasteiger partial charge in [0.15, 0.2) is 0 Å². The first-order valence-corrected chi connectivity index (χ1v) is 7.86. The topological polar surface area (TPSA) is 37.3 Å². The van der Waals surface area contributed by atoms with E-state index in [2.05, 4.69) is 13.8 Å². The molecule has 0 saturated carbocycles. The molecule has 0 fully saturated rings. The van der Waals surface area contributed by atoms with Crippen molar-refractivity contribution in [3.05, 3.63) is 0 Å². The minimum absolute atomic E-state index is 0.444. The van der Waals surface area contributed by atoms with Gasteiger partial charge in [0.05, 0.1) is 5.41 Å². The predicted molar refractivity (Wildman–Crippen MR) is 77.9 cm³/mol. The van der Waals surface area contributed by atoms with Crippen LogP contribution in [0.3, 0.4) is 0 Å². The Labute approximate surface area is 113 Å². The Morgan fingerprint density at radius 2 is 1.33 bits per heavy atom. The van der Waals surface area contributed by atoms with Crippen LogP contribution in [-0.2, 0) is 4.79 Å². The zero-order valence-electron chi connectivity index (χ0n) is 12.6. The average molecular weight is 256 g/mol. The van der Waals surface area contributed by atoms with Crippen molar-refractivity contribution in [3.63, 3.8) is 0 Å². The van der Waals surface area contributed by atoms with Gasteiger partial charge in [-0.05, 0) is 19.3 Å². The molecule has 0 rings (SSSR count). The Morgan fingerprint density at radius 3 is 1.83 bits per heavy atom. The van der Waals surface area contributed by atoms with Crippen LogP contribution in [0.15, 0.2) is 0 Å². The zero-order chi connectivity index (χ0) is 13.9.